The molecule has 41 heavy (non-hydrogen) atoms. The van der Waals surface area contributed by atoms with Gasteiger partial charge in [0, 0.05) is 19.9 Å². The van der Waals surface area contributed by atoms with Crippen molar-refractivity contribution in [2.24, 2.45) is 7.05 Å². The molecule has 10 nitrogen and oxygen atoms in total. The number of hydrogen-bond donors (Lipinski definition) is 3. The molecule has 4 aromatic rings. The van der Waals surface area contributed by atoms with Crippen LogP contribution < -0.4 is 16.4 Å². The first-order valence-electron chi connectivity index (χ1n) is 13.1. The van der Waals surface area contributed by atoms with Gasteiger partial charge in [-0.15, -0.1) is 0 Å². The second kappa shape index (κ2) is 12.0. The van der Waals surface area contributed by atoms with Crippen LogP contribution in [-0.2, 0) is 29.4 Å². The quantitative estimate of drug-likeness (QED) is 0.295. The predicted octanol–water partition coefficient (Wildman–Crippen LogP) is 4.19. The van der Waals surface area contributed by atoms with Gasteiger partial charge in [-0.2, -0.15) is 5.26 Å². The number of amides is 2. The Morgan fingerprint density at radius 3 is 2.37 bits per heavy atom. The Morgan fingerprint density at radius 1 is 1.02 bits per heavy atom. The molecule has 10 heteroatoms. The zero-order valence-corrected chi connectivity index (χ0v) is 23.3. The lowest BCUT2D eigenvalue weighted by Gasteiger charge is -2.24. The third kappa shape index (κ3) is 7.33. The van der Waals surface area contributed by atoms with E-state index in [2.05, 4.69) is 16.7 Å². The van der Waals surface area contributed by atoms with Crippen LogP contribution in [0.5, 0.6) is 5.75 Å². The van der Waals surface area contributed by atoms with Gasteiger partial charge in [0.15, 0.2) is 5.58 Å². The minimum Gasteiger partial charge on any atom is -0.508 e. The van der Waals surface area contributed by atoms with Gasteiger partial charge in [0.1, 0.15) is 23.4 Å². The van der Waals surface area contributed by atoms with Crippen molar-refractivity contribution < 1.29 is 23.8 Å². The third-order valence-corrected chi connectivity index (χ3v) is 6.41. The molecule has 1 aromatic heterocycles. The zero-order valence-electron chi connectivity index (χ0n) is 23.3. The molecule has 0 aliphatic heterocycles. The van der Waals surface area contributed by atoms with Crippen molar-refractivity contribution in [1.82, 2.24) is 15.2 Å². The standard InChI is InChI=1S/C31H32N4O6/c1-31(2,3)41-29(38)34-24(16-22-7-5-6-8-26(22)36)28(37)33-23(18-32)15-19-9-11-20(12-10-19)21-13-14-27-25(17-21)35(4)30(39)40-27/h5-14,17,23-24,36H,15-16H2,1-4H3,(H,33,37)(H,34,38)/t23-,24?/m0/s1. The zero-order chi connectivity index (χ0) is 29.7. The van der Waals surface area contributed by atoms with Crippen molar-refractivity contribution in [3.63, 3.8) is 0 Å². The first-order chi connectivity index (χ1) is 19.4. The molecule has 4 rings (SSSR count). The third-order valence-electron chi connectivity index (χ3n) is 6.41. The number of rotatable bonds is 8. The number of nitriles is 1. The molecule has 0 aliphatic carbocycles. The summed E-state index contributed by atoms with van der Waals surface area (Å²) in [7, 11) is 1.65. The average molecular weight is 557 g/mol. The molecular weight excluding hydrogens is 524 g/mol. The number of para-hydroxylation sites is 1. The Kier molecular flexibility index (Phi) is 8.48. The summed E-state index contributed by atoms with van der Waals surface area (Å²) in [5.41, 5.74) is 3.49. The maximum atomic E-state index is 13.2. The molecule has 0 saturated carbocycles. The van der Waals surface area contributed by atoms with Crippen LogP contribution in [0.2, 0.25) is 0 Å². The van der Waals surface area contributed by atoms with E-state index in [1.165, 1.54) is 10.6 Å². The minimum absolute atomic E-state index is 0.00278. The topological polar surface area (TPSA) is 147 Å². The molecule has 0 radical (unpaired) electrons. The van der Waals surface area contributed by atoms with Crippen molar-refractivity contribution in [2.45, 2.75) is 51.3 Å². The minimum atomic E-state index is -1.09. The van der Waals surface area contributed by atoms with E-state index in [0.717, 1.165) is 16.7 Å². The molecule has 0 spiro atoms. The van der Waals surface area contributed by atoms with E-state index in [-0.39, 0.29) is 18.6 Å². The van der Waals surface area contributed by atoms with Gasteiger partial charge in [0.05, 0.1) is 11.6 Å². The van der Waals surface area contributed by atoms with E-state index in [4.69, 9.17) is 9.15 Å². The Labute approximate surface area is 237 Å². The Bertz CT molecular complexity index is 1660. The lowest BCUT2D eigenvalue weighted by Crippen LogP contribution is -2.51. The number of hydrogen-bond acceptors (Lipinski definition) is 7. The molecule has 0 saturated heterocycles. The Balaban J connectivity index is 1.46. The summed E-state index contributed by atoms with van der Waals surface area (Å²) in [5.74, 6) is -1.02. The summed E-state index contributed by atoms with van der Waals surface area (Å²) in [5, 5.41) is 25.3. The number of phenolic OH excluding ortho intramolecular Hbond substituents is 1. The van der Waals surface area contributed by atoms with Crippen LogP contribution >= 0.6 is 0 Å². The molecule has 1 heterocycles. The number of alkyl carbamates (subject to hydrolysis) is 1. The number of aryl methyl sites for hydroxylation is 1. The molecule has 212 valence electrons. The average Bonchev–Trinajstić information content (AvgIpc) is 3.20. The maximum absolute atomic E-state index is 13.2. The Morgan fingerprint density at radius 2 is 1.71 bits per heavy atom. The van der Waals surface area contributed by atoms with Crippen molar-refractivity contribution in [1.29, 1.82) is 5.26 Å². The maximum Gasteiger partial charge on any atom is 0.419 e. The SMILES string of the molecule is Cn1c(=O)oc2ccc(-c3ccc(C[C@@H](C#N)NC(=O)C(Cc4ccccc4O)NC(=O)OC(C)(C)C)cc3)cc21. The van der Waals surface area contributed by atoms with E-state index in [1.807, 2.05) is 36.4 Å². The van der Waals surface area contributed by atoms with E-state index in [9.17, 15) is 24.8 Å². The first kappa shape index (κ1) is 29.0. The predicted molar refractivity (Wildman–Crippen MR) is 153 cm³/mol. The number of carbonyl (C=O) groups excluding carboxylic acids is 2. The lowest BCUT2D eigenvalue weighted by molar-refractivity contribution is -0.123. The molecule has 1 unspecified atom stereocenters. The second-order valence-corrected chi connectivity index (χ2v) is 10.7. The highest BCUT2D eigenvalue weighted by molar-refractivity contribution is 5.86. The largest absolute Gasteiger partial charge is 0.508 e. The fourth-order valence-electron chi connectivity index (χ4n) is 4.34. The summed E-state index contributed by atoms with van der Waals surface area (Å²) in [6.07, 6.45) is -0.559. The van der Waals surface area contributed by atoms with Crippen LogP contribution in [0.25, 0.3) is 22.2 Å². The number of nitrogens with zero attached hydrogens (tertiary/aromatic N) is 2. The number of benzene rings is 3. The number of nitrogens with one attached hydrogen (secondary N) is 2. The van der Waals surface area contributed by atoms with Crippen LogP contribution in [0, 0.1) is 11.3 Å². The van der Waals surface area contributed by atoms with E-state index in [1.54, 1.807) is 52.1 Å². The summed E-state index contributed by atoms with van der Waals surface area (Å²) in [4.78, 5) is 37.5. The number of phenols is 1. The number of fused-ring (bicyclic) bond motifs is 1. The number of oxazole rings is 1. The molecule has 0 bridgehead atoms. The molecule has 2 atom stereocenters. The summed E-state index contributed by atoms with van der Waals surface area (Å²) >= 11 is 0. The van der Waals surface area contributed by atoms with Gasteiger partial charge in [-0.05, 0) is 61.2 Å². The lowest BCUT2D eigenvalue weighted by atomic mass is 10.00. The smallest absolute Gasteiger partial charge is 0.419 e. The van der Waals surface area contributed by atoms with Crippen molar-refractivity contribution in [3.8, 4) is 22.9 Å². The molecule has 3 aromatic carbocycles. The number of aromatic hydroxyl groups is 1. The van der Waals surface area contributed by atoms with E-state index >= 15 is 0 Å². The molecule has 0 aliphatic rings. The van der Waals surface area contributed by atoms with Crippen LogP contribution in [-0.4, -0.2) is 39.4 Å². The normalized spacial score (nSPS) is 12.8. The van der Waals surface area contributed by atoms with Crippen molar-refractivity contribution in [3.05, 3.63) is 88.4 Å². The number of ether oxygens (including phenoxy) is 1. The highest BCUT2D eigenvalue weighted by Gasteiger charge is 2.27. The molecular formula is C31H32N4O6. The fraction of sp³-hybridized carbons (Fsp3) is 0.290. The van der Waals surface area contributed by atoms with Crippen LogP contribution in [0.15, 0.2) is 75.9 Å². The van der Waals surface area contributed by atoms with Gasteiger partial charge < -0.3 is 24.9 Å². The number of aromatic nitrogens is 1. The van der Waals surface area contributed by atoms with Crippen molar-refractivity contribution in [2.75, 3.05) is 0 Å². The number of carbonyl (C=O) groups is 2. The highest BCUT2D eigenvalue weighted by atomic mass is 16.6. The summed E-state index contributed by atoms with van der Waals surface area (Å²) in [6, 6.07) is 19.7. The molecule has 2 amide bonds. The van der Waals surface area contributed by atoms with Gasteiger partial charge in [-0.3, -0.25) is 9.36 Å². The first-order valence-corrected chi connectivity index (χ1v) is 13.1. The second-order valence-electron chi connectivity index (χ2n) is 10.7. The molecule has 0 fully saturated rings. The Hall–Kier alpha value is -5.04. The fourth-order valence-corrected chi connectivity index (χ4v) is 4.34. The van der Waals surface area contributed by atoms with Crippen LogP contribution in [0.3, 0.4) is 0 Å². The van der Waals surface area contributed by atoms with Gasteiger partial charge in [-0.1, -0.05) is 48.5 Å². The van der Waals surface area contributed by atoms with Gasteiger partial charge in [-0.25, -0.2) is 9.59 Å². The molecule has 3 N–H and O–H groups in total. The monoisotopic (exact) mass is 556 g/mol. The summed E-state index contributed by atoms with van der Waals surface area (Å²) < 4.78 is 11.9. The van der Waals surface area contributed by atoms with Gasteiger partial charge in [0.2, 0.25) is 5.91 Å². The van der Waals surface area contributed by atoms with Crippen LogP contribution in [0.4, 0.5) is 4.79 Å². The van der Waals surface area contributed by atoms with Crippen molar-refractivity contribution >= 4 is 23.1 Å². The van der Waals surface area contributed by atoms with Gasteiger partial charge >= 0.3 is 11.8 Å². The highest BCUT2D eigenvalue weighted by Crippen LogP contribution is 2.25. The van der Waals surface area contributed by atoms with E-state index < -0.39 is 35.4 Å². The van der Waals surface area contributed by atoms with Crippen LogP contribution in [0.1, 0.15) is 31.9 Å². The summed E-state index contributed by atoms with van der Waals surface area (Å²) in [6.45, 7) is 5.12. The van der Waals surface area contributed by atoms with Gasteiger partial charge in [0.25, 0.3) is 0 Å². The van der Waals surface area contributed by atoms with E-state index in [0.29, 0.717) is 16.7 Å².